The molecule has 1 fully saturated rings. The number of hydrogen-bond donors (Lipinski definition) is 1. The predicted molar refractivity (Wildman–Crippen MR) is 164 cm³/mol. The Bertz CT molecular complexity index is 1380. The molecular formula is C33H45N5O2. The number of nitrogens with zero attached hydrogens (tertiary/aromatic N) is 4. The molecule has 40 heavy (non-hydrogen) atoms. The molecule has 0 saturated heterocycles. The number of fused-ring (bicyclic) bond motifs is 2. The van der Waals surface area contributed by atoms with Crippen LogP contribution in [0.4, 0.5) is 5.69 Å². The highest BCUT2D eigenvalue weighted by molar-refractivity contribution is 5.88. The van der Waals surface area contributed by atoms with Crippen molar-refractivity contribution >= 4 is 22.6 Å². The van der Waals surface area contributed by atoms with Crippen molar-refractivity contribution in [1.29, 1.82) is 0 Å². The highest BCUT2D eigenvalue weighted by Crippen LogP contribution is 2.34. The number of methoxy groups -OCH3 is 2. The number of anilines is 1. The molecule has 2 atom stereocenters. The predicted octanol–water partition coefficient (Wildman–Crippen LogP) is 6.78. The van der Waals surface area contributed by atoms with Crippen molar-refractivity contribution in [3.63, 3.8) is 0 Å². The van der Waals surface area contributed by atoms with Gasteiger partial charge in [0.25, 0.3) is 0 Å². The van der Waals surface area contributed by atoms with Crippen LogP contribution in [-0.2, 0) is 9.47 Å². The first kappa shape index (κ1) is 28.3. The molecule has 0 aromatic heterocycles. The molecular weight excluding hydrogens is 498 g/mol. The molecule has 2 aliphatic heterocycles. The zero-order valence-corrected chi connectivity index (χ0v) is 24.8. The van der Waals surface area contributed by atoms with Gasteiger partial charge >= 0.3 is 0 Å². The number of rotatable bonds is 9. The molecule has 5 rings (SSSR count). The van der Waals surface area contributed by atoms with E-state index in [0.717, 1.165) is 66.5 Å². The van der Waals surface area contributed by atoms with Crippen LogP contribution in [0.2, 0.25) is 0 Å². The lowest BCUT2D eigenvalue weighted by atomic mass is 9.93. The first-order valence-electron chi connectivity index (χ1n) is 15.0. The Kier molecular flexibility index (Phi) is 9.20. The summed E-state index contributed by atoms with van der Waals surface area (Å²) in [7, 11) is 3.48. The van der Waals surface area contributed by atoms with Crippen LogP contribution < -0.4 is 10.7 Å². The lowest BCUT2D eigenvalue weighted by Crippen LogP contribution is -2.30. The van der Waals surface area contributed by atoms with Crippen LogP contribution in [-0.4, -0.2) is 54.4 Å². The minimum absolute atomic E-state index is 0.0662. The molecule has 4 aliphatic rings. The molecule has 0 bridgehead atoms. The van der Waals surface area contributed by atoms with Crippen LogP contribution >= 0.6 is 0 Å². The number of hydrogen-bond acceptors (Lipinski definition) is 6. The summed E-state index contributed by atoms with van der Waals surface area (Å²) in [6.45, 7) is 7.55. The van der Waals surface area contributed by atoms with E-state index < -0.39 is 0 Å². The van der Waals surface area contributed by atoms with Gasteiger partial charge in [-0.25, -0.2) is 9.98 Å². The van der Waals surface area contributed by atoms with E-state index >= 15 is 0 Å². The molecule has 1 aromatic carbocycles. The summed E-state index contributed by atoms with van der Waals surface area (Å²) < 4.78 is 13.5. The summed E-state index contributed by atoms with van der Waals surface area (Å²) in [6, 6.07) is 13.8. The summed E-state index contributed by atoms with van der Waals surface area (Å²) in [4.78, 5) is 15.1. The number of dihydropyridines is 1. The number of nitrogens with one attached hydrogen (secondary N) is 1. The number of para-hydroxylation sites is 2. The fourth-order valence-electron chi connectivity index (χ4n) is 6.06. The van der Waals surface area contributed by atoms with Crippen LogP contribution in [0, 0.1) is 5.92 Å². The second-order valence-corrected chi connectivity index (χ2v) is 11.7. The van der Waals surface area contributed by atoms with Gasteiger partial charge in [-0.2, -0.15) is 0 Å². The molecule has 1 aromatic rings. The van der Waals surface area contributed by atoms with Crippen LogP contribution in [0.5, 0.6) is 0 Å². The van der Waals surface area contributed by atoms with E-state index in [9.17, 15) is 0 Å². The van der Waals surface area contributed by atoms with E-state index in [4.69, 9.17) is 19.5 Å². The highest BCUT2D eigenvalue weighted by Gasteiger charge is 2.23. The van der Waals surface area contributed by atoms with Crippen molar-refractivity contribution < 1.29 is 9.47 Å². The van der Waals surface area contributed by atoms with Crippen LogP contribution in [0.1, 0.15) is 71.8 Å². The Balaban J connectivity index is 1.64. The molecule has 0 radical (unpaired) electrons. The third kappa shape index (κ3) is 6.41. The molecule has 2 unspecified atom stereocenters. The average molecular weight is 544 g/mol. The maximum Gasteiger partial charge on any atom is 0.208 e. The van der Waals surface area contributed by atoms with E-state index in [1.54, 1.807) is 7.11 Å². The molecule has 0 amide bonds. The lowest BCUT2D eigenvalue weighted by Gasteiger charge is -2.28. The zero-order valence-electron chi connectivity index (χ0n) is 24.8. The first-order chi connectivity index (χ1) is 19.5. The van der Waals surface area contributed by atoms with Gasteiger partial charge in [-0.1, -0.05) is 39.0 Å². The van der Waals surface area contributed by atoms with Crippen LogP contribution in [0.25, 0.3) is 22.4 Å². The fourth-order valence-corrected chi connectivity index (χ4v) is 6.06. The average Bonchev–Trinajstić information content (AvgIpc) is 2.98. The number of aromatic nitrogens is 2. The van der Waals surface area contributed by atoms with Gasteiger partial charge in [-0.15, -0.1) is 0 Å². The lowest BCUT2D eigenvalue weighted by molar-refractivity contribution is 0.0663. The van der Waals surface area contributed by atoms with Gasteiger partial charge in [-0.05, 0) is 81.2 Å². The Morgan fingerprint density at radius 1 is 1.07 bits per heavy atom. The summed E-state index contributed by atoms with van der Waals surface area (Å²) in [5.74, 6) is 1.33. The Hall–Kier alpha value is -3.19. The Morgan fingerprint density at radius 3 is 2.55 bits per heavy atom. The zero-order chi connectivity index (χ0) is 28.1. The highest BCUT2D eigenvalue weighted by atomic mass is 16.5. The summed E-state index contributed by atoms with van der Waals surface area (Å²) in [5.41, 5.74) is 5.37. The standard InChI is InChI=1S/C33H45N5O2/c1-6-25(15-11-22(2)3)38-31-10-8-7-9-27(31)37-30-19-28(36-24-14-18-33(40-5)34-21-24)29(20-32(30)38)35-23-12-16-26(39-4)17-13-23/h7-10,14,18-20,22-26,36H,6,11-13,15-17,21H2,1-5H3. The topological polar surface area (TPSA) is 73.0 Å². The number of benzene rings is 2. The smallest absolute Gasteiger partial charge is 0.208 e. The van der Waals surface area contributed by atoms with Gasteiger partial charge < -0.3 is 19.4 Å². The SMILES string of the molecule is CCC(CCC(C)C)n1c2cc(=NC3CCC(OC)CC3)c(NC3C=CC(OC)=NC3)cc-2nc2ccccc21. The maximum absolute atomic E-state index is 5.63. The Labute approximate surface area is 238 Å². The van der Waals surface area contributed by atoms with Gasteiger partial charge in [0.2, 0.25) is 5.90 Å². The summed E-state index contributed by atoms with van der Waals surface area (Å²) >= 11 is 0. The van der Waals surface area contributed by atoms with Crippen molar-refractivity contribution in [2.45, 2.75) is 89.9 Å². The molecule has 7 heteroatoms. The van der Waals surface area contributed by atoms with Crippen molar-refractivity contribution in [2.24, 2.45) is 15.9 Å². The van der Waals surface area contributed by atoms with Crippen LogP contribution in [0.3, 0.4) is 0 Å². The third-order valence-electron chi connectivity index (χ3n) is 8.41. The molecule has 1 N–H and O–H groups in total. The maximum atomic E-state index is 5.63. The van der Waals surface area contributed by atoms with E-state index in [1.807, 2.05) is 13.2 Å². The fraction of sp³-hybridized carbons (Fsp3) is 0.545. The minimum atomic E-state index is 0.0662. The third-order valence-corrected chi connectivity index (χ3v) is 8.41. The molecule has 1 saturated carbocycles. The van der Waals surface area contributed by atoms with E-state index in [-0.39, 0.29) is 12.1 Å². The van der Waals surface area contributed by atoms with Crippen molar-refractivity contribution in [1.82, 2.24) is 9.55 Å². The quantitative estimate of drug-likeness (QED) is 0.302. The van der Waals surface area contributed by atoms with Gasteiger partial charge in [0, 0.05) is 13.2 Å². The second-order valence-electron chi connectivity index (χ2n) is 11.7. The van der Waals surface area contributed by atoms with Crippen molar-refractivity contribution in [3.8, 4) is 11.4 Å². The van der Waals surface area contributed by atoms with Crippen molar-refractivity contribution in [2.75, 3.05) is 26.1 Å². The number of aliphatic imine (C=N–C) groups is 1. The van der Waals surface area contributed by atoms with Crippen molar-refractivity contribution in [3.05, 3.63) is 53.9 Å². The van der Waals surface area contributed by atoms with E-state index in [0.29, 0.717) is 30.5 Å². The molecule has 214 valence electrons. The molecule has 7 nitrogen and oxygen atoms in total. The monoisotopic (exact) mass is 543 g/mol. The molecule has 2 aliphatic carbocycles. The molecule has 2 heterocycles. The minimum Gasteiger partial charge on any atom is -0.481 e. The number of ether oxygens (including phenoxy) is 2. The Morgan fingerprint density at radius 2 is 1.88 bits per heavy atom. The van der Waals surface area contributed by atoms with Gasteiger partial charge in [0.05, 0.1) is 65.3 Å². The first-order valence-corrected chi connectivity index (χ1v) is 15.0. The van der Waals surface area contributed by atoms with E-state index in [1.165, 1.54) is 11.9 Å². The second kappa shape index (κ2) is 13.0. The largest absolute Gasteiger partial charge is 0.481 e. The van der Waals surface area contributed by atoms with E-state index in [2.05, 4.69) is 78.1 Å². The molecule has 0 spiro atoms. The van der Waals surface area contributed by atoms with Gasteiger partial charge in [0.15, 0.2) is 0 Å². The normalized spacial score (nSPS) is 22.6. The summed E-state index contributed by atoms with van der Waals surface area (Å²) in [5, 5.41) is 4.74. The van der Waals surface area contributed by atoms with Crippen LogP contribution in [0.15, 0.2) is 58.5 Å². The summed E-state index contributed by atoms with van der Waals surface area (Å²) in [6.07, 6.45) is 12.0. The van der Waals surface area contributed by atoms with Gasteiger partial charge in [0.1, 0.15) is 0 Å². The van der Waals surface area contributed by atoms with Gasteiger partial charge in [-0.3, -0.25) is 4.99 Å².